The fourth-order valence-electron chi connectivity index (χ4n) is 3.87. The Balaban J connectivity index is 2.08. The number of ether oxygens (including phenoxy) is 2. The number of alkyl halides is 3. The van der Waals surface area contributed by atoms with Crippen molar-refractivity contribution in [3.8, 4) is 16.9 Å². The summed E-state index contributed by atoms with van der Waals surface area (Å²) < 4.78 is 51.9. The third kappa shape index (κ3) is 7.03. The Bertz CT molecular complexity index is 1280. The van der Waals surface area contributed by atoms with Crippen LogP contribution in [0.25, 0.3) is 11.1 Å². The van der Waals surface area contributed by atoms with Crippen LogP contribution in [0.4, 0.5) is 23.7 Å². The van der Waals surface area contributed by atoms with Crippen molar-refractivity contribution in [1.82, 2.24) is 5.32 Å². The molecular weight excluding hydrogens is 553 g/mol. The fourth-order valence-corrected chi connectivity index (χ4v) is 4.25. The molecule has 0 spiro atoms. The number of halogens is 4. The number of carbonyl (C=O) groups is 2. The highest BCUT2D eigenvalue weighted by Gasteiger charge is 2.32. The van der Waals surface area contributed by atoms with Gasteiger partial charge in [-0.05, 0) is 75.4 Å². The molecule has 0 radical (unpaired) electrons. The van der Waals surface area contributed by atoms with Crippen LogP contribution in [0.5, 0.6) is 5.75 Å². The van der Waals surface area contributed by atoms with Crippen LogP contribution in [0.15, 0.2) is 65.1 Å². The Morgan fingerprint density at radius 1 is 1.00 bits per heavy atom. The quantitative estimate of drug-likeness (QED) is 0.279. The molecule has 0 fully saturated rings. The van der Waals surface area contributed by atoms with Crippen molar-refractivity contribution in [3.63, 3.8) is 0 Å². The molecular formula is C27H26BrF3N2O4. The number of methoxy groups -OCH3 is 2. The van der Waals surface area contributed by atoms with E-state index in [4.69, 9.17) is 9.47 Å². The molecule has 6 nitrogen and oxygen atoms in total. The molecule has 0 aromatic heterocycles. The second-order valence-electron chi connectivity index (χ2n) is 8.13. The minimum absolute atomic E-state index is 0.0206. The number of hydrogen-bond acceptors (Lipinski definition) is 4. The highest BCUT2D eigenvalue weighted by molar-refractivity contribution is 9.10. The summed E-state index contributed by atoms with van der Waals surface area (Å²) in [5.74, 6) is -0.0530. The van der Waals surface area contributed by atoms with Gasteiger partial charge in [0.15, 0.2) is 0 Å². The van der Waals surface area contributed by atoms with E-state index < -0.39 is 29.8 Å². The van der Waals surface area contributed by atoms with E-state index in [1.165, 1.54) is 20.3 Å². The summed E-state index contributed by atoms with van der Waals surface area (Å²) in [5.41, 5.74) is 1.44. The maximum absolute atomic E-state index is 13.7. The van der Waals surface area contributed by atoms with E-state index in [1.807, 2.05) is 0 Å². The van der Waals surface area contributed by atoms with Crippen LogP contribution >= 0.6 is 15.9 Å². The molecule has 0 saturated carbocycles. The molecule has 0 saturated heterocycles. The van der Waals surface area contributed by atoms with E-state index in [1.54, 1.807) is 49.4 Å². The van der Waals surface area contributed by atoms with Crippen LogP contribution in [0, 0.1) is 0 Å². The Morgan fingerprint density at radius 3 is 2.35 bits per heavy atom. The number of urea groups is 1. The van der Waals surface area contributed by atoms with Gasteiger partial charge in [0.1, 0.15) is 5.75 Å². The van der Waals surface area contributed by atoms with Crippen LogP contribution in [-0.4, -0.2) is 26.2 Å². The van der Waals surface area contributed by atoms with Gasteiger partial charge in [0.05, 0.1) is 37.9 Å². The fraction of sp³-hybridized carbons (Fsp3) is 0.259. The summed E-state index contributed by atoms with van der Waals surface area (Å²) in [4.78, 5) is 24.6. The largest absolute Gasteiger partial charge is 0.496 e. The molecule has 1 atom stereocenters. The Morgan fingerprint density at radius 2 is 1.73 bits per heavy atom. The van der Waals surface area contributed by atoms with Crippen LogP contribution in [0.3, 0.4) is 0 Å². The van der Waals surface area contributed by atoms with Crippen molar-refractivity contribution >= 4 is 33.6 Å². The lowest BCUT2D eigenvalue weighted by Crippen LogP contribution is -2.33. The van der Waals surface area contributed by atoms with Crippen molar-refractivity contribution in [2.24, 2.45) is 0 Å². The number of carbonyl (C=O) groups excluding carboxylic acids is 2. The zero-order valence-electron chi connectivity index (χ0n) is 20.4. The summed E-state index contributed by atoms with van der Waals surface area (Å²) in [6.45, 7) is 1.76. The first-order valence-electron chi connectivity index (χ1n) is 11.3. The van der Waals surface area contributed by atoms with E-state index in [0.29, 0.717) is 39.0 Å². The number of amides is 2. The minimum atomic E-state index is -4.58. The summed E-state index contributed by atoms with van der Waals surface area (Å²) in [7, 11) is 2.72. The molecule has 37 heavy (non-hydrogen) atoms. The summed E-state index contributed by atoms with van der Waals surface area (Å²) in [6, 6.07) is 14.0. The molecule has 0 heterocycles. The van der Waals surface area contributed by atoms with Crippen LogP contribution in [-0.2, 0) is 22.1 Å². The Hall–Kier alpha value is -3.53. The first kappa shape index (κ1) is 28.0. The van der Waals surface area contributed by atoms with Crippen molar-refractivity contribution in [3.05, 3.63) is 81.8 Å². The second kappa shape index (κ2) is 12.1. The molecule has 10 heteroatoms. The predicted molar refractivity (Wildman–Crippen MR) is 138 cm³/mol. The highest BCUT2D eigenvalue weighted by Crippen LogP contribution is 2.40. The topological polar surface area (TPSA) is 76.7 Å². The monoisotopic (exact) mass is 578 g/mol. The number of benzene rings is 3. The molecule has 196 valence electrons. The number of hydrogen-bond donors (Lipinski definition) is 2. The lowest BCUT2D eigenvalue weighted by Gasteiger charge is -2.24. The van der Waals surface area contributed by atoms with Crippen molar-refractivity contribution < 1.29 is 32.2 Å². The van der Waals surface area contributed by atoms with Gasteiger partial charge in [0, 0.05) is 10.0 Å². The first-order valence-corrected chi connectivity index (χ1v) is 12.1. The average Bonchev–Trinajstić information content (AvgIpc) is 2.87. The summed E-state index contributed by atoms with van der Waals surface area (Å²) in [6.07, 6.45) is -4.30. The molecule has 0 aliphatic carbocycles. The van der Waals surface area contributed by atoms with Gasteiger partial charge in [0.25, 0.3) is 0 Å². The number of nitrogens with one attached hydrogen (secondary N) is 2. The highest BCUT2D eigenvalue weighted by atomic mass is 79.9. The Labute approximate surface area is 221 Å². The van der Waals surface area contributed by atoms with Crippen LogP contribution in [0.2, 0.25) is 0 Å². The molecule has 2 N–H and O–H groups in total. The first-order chi connectivity index (χ1) is 17.6. The van der Waals surface area contributed by atoms with Crippen LogP contribution < -0.4 is 15.4 Å². The number of anilines is 1. The standard InChI is InChI=1S/C27H26BrF3N2O4/c1-4-22(32-26(35)33-23-8-6-5-7-21(23)28)19-15-17(27(29,30)31)10-11-18(19)20-13-16(14-25(34)37-3)9-12-24(20)36-2/h5-13,15,22H,4,14H2,1-3H3,(H2,32,33,35). The van der Waals surface area contributed by atoms with Gasteiger partial charge in [-0.15, -0.1) is 0 Å². The number of para-hydroxylation sites is 1. The Kier molecular flexibility index (Phi) is 9.20. The SMILES string of the molecule is CCC(NC(=O)Nc1ccccc1Br)c1cc(C(F)(F)F)ccc1-c1cc(CC(=O)OC)ccc1OC. The summed E-state index contributed by atoms with van der Waals surface area (Å²) >= 11 is 3.36. The smallest absolute Gasteiger partial charge is 0.416 e. The van der Waals surface area contributed by atoms with Gasteiger partial charge in [-0.1, -0.05) is 31.2 Å². The molecule has 0 aliphatic heterocycles. The van der Waals surface area contributed by atoms with E-state index in [-0.39, 0.29) is 12.0 Å². The van der Waals surface area contributed by atoms with Gasteiger partial charge < -0.3 is 20.1 Å². The summed E-state index contributed by atoms with van der Waals surface area (Å²) in [5, 5.41) is 5.50. The average molecular weight is 579 g/mol. The zero-order valence-corrected chi connectivity index (χ0v) is 22.0. The van der Waals surface area contributed by atoms with Crippen molar-refractivity contribution in [1.29, 1.82) is 0 Å². The third-order valence-electron chi connectivity index (χ3n) is 5.72. The number of esters is 1. The van der Waals surface area contributed by atoms with E-state index >= 15 is 0 Å². The molecule has 3 rings (SSSR count). The van der Waals surface area contributed by atoms with Crippen molar-refractivity contribution in [2.45, 2.75) is 32.0 Å². The maximum Gasteiger partial charge on any atom is 0.416 e. The lowest BCUT2D eigenvalue weighted by atomic mass is 9.90. The molecule has 2 amide bonds. The zero-order chi connectivity index (χ0) is 27.2. The van der Waals surface area contributed by atoms with Gasteiger partial charge in [-0.2, -0.15) is 13.2 Å². The van der Waals surface area contributed by atoms with E-state index in [2.05, 4.69) is 26.6 Å². The molecule has 0 aliphatic rings. The molecule has 3 aromatic carbocycles. The van der Waals surface area contributed by atoms with Gasteiger partial charge >= 0.3 is 18.2 Å². The van der Waals surface area contributed by atoms with Crippen LogP contribution in [0.1, 0.15) is 36.1 Å². The third-order valence-corrected chi connectivity index (χ3v) is 6.41. The molecule has 3 aromatic rings. The second-order valence-corrected chi connectivity index (χ2v) is 8.98. The molecule has 1 unspecified atom stereocenters. The minimum Gasteiger partial charge on any atom is -0.496 e. The molecule has 0 bridgehead atoms. The normalized spacial score (nSPS) is 12.0. The van der Waals surface area contributed by atoms with Gasteiger partial charge in [0.2, 0.25) is 0 Å². The maximum atomic E-state index is 13.7. The van der Waals surface area contributed by atoms with E-state index in [0.717, 1.165) is 12.1 Å². The predicted octanol–water partition coefficient (Wildman–Crippen LogP) is 7.13. The van der Waals surface area contributed by atoms with Crippen molar-refractivity contribution in [2.75, 3.05) is 19.5 Å². The van der Waals surface area contributed by atoms with Gasteiger partial charge in [-0.3, -0.25) is 4.79 Å². The van der Waals surface area contributed by atoms with E-state index in [9.17, 15) is 22.8 Å². The van der Waals surface area contributed by atoms with Gasteiger partial charge in [-0.25, -0.2) is 4.79 Å². The number of rotatable bonds is 8. The lowest BCUT2D eigenvalue weighted by molar-refractivity contribution is -0.140.